The predicted molar refractivity (Wildman–Crippen MR) is 96.4 cm³/mol. The zero-order valence-electron chi connectivity index (χ0n) is 13.5. The molecule has 1 heterocycles. The predicted octanol–water partition coefficient (Wildman–Crippen LogP) is 4.82. The van der Waals surface area contributed by atoms with E-state index < -0.39 is 0 Å². The van der Waals surface area contributed by atoms with Crippen LogP contribution < -0.4 is 9.47 Å². The van der Waals surface area contributed by atoms with Crippen LogP contribution >= 0.6 is 23.2 Å². The van der Waals surface area contributed by atoms with E-state index in [0.717, 1.165) is 0 Å². The molecule has 0 bridgehead atoms. The summed E-state index contributed by atoms with van der Waals surface area (Å²) in [6.45, 7) is -0.281. The Hall–Kier alpha value is -2.21. The van der Waals surface area contributed by atoms with Crippen LogP contribution in [0.4, 0.5) is 0 Å². The number of hydrogen-bond acceptors (Lipinski definition) is 5. The zero-order chi connectivity index (χ0) is 18.0. The van der Waals surface area contributed by atoms with E-state index >= 15 is 0 Å². The standard InChI is InChI=1S/C18H15Cl2NO4/c1-23-12-5-10(6-13(8-12)24-2)18-15(9-22)17(21-25-18)14-7-11(19)3-4-16(14)20/h3-8,22H,9H2,1-2H3. The minimum absolute atomic E-state index is 0.281. The number of aliphatic hydroxyl groups is 1. The van der Waals surface area contributed by atoms with Gasteiger partial charge in [-0.15, -0.1) is 0 Å². The first-order valence-corrected chi connectivity index (χ1v) is 8.11. The molecule has 0 unspecified atom stereocenters. The van der Waals surface area contributed by atoms with Crippen molar-refractivity contribution in [3.05, 3.63) is 52.0 Å². The van der Waals surface area contributed by atoms with Gasteiger partial charge in [0.25, 0.3) is 0 Å². The Kier molecular flexibility index (Phi) is 5.18. The maximum atomic E-state index is 9.89. The summed E-state index contributed by atoms with van der Waals surface area (Å²) in [5.41, 5.74) is 2.19. The molecule has 0 fully saturated rings. The van der Waals surface area contributed by atoms with E-state index in [-0.39, 0.29) is 6.61 Å². The van der Waals surface area contributed by atoms with Gasteiger partial charge in [0.1, 0.15) is 17.2 Å². The first-order chi connectivity index (χ1) is 12.1. The van der Waals surface area contributed by atoms with Crippen molar-refractivity contribution in [2.75, 3.05) is 14.2 Å². The first kappa shape index (κ1) is 17.6. The van der Waals surface area contributed by atoms with Crippen LogP contribution in [0.2, 0.25) is 10.0 Å². The van der Waals surface area contributed by atoms with Crippen LogP contribution in [0.1, 0.15) is 5.56 Å². The SMILES string of the molecule is COc1cc(OC)cc(-c2onc(-c3cc(Cl)ccc3Cl)c2CO)c1. The zero-order valence-corrected chi connectivity index (χ0v) is 15.1. The molecule has 130 valence electrons. The maximum absolute atomic E-state index is 9.89. The molecule has 0 spiro atoms. The van der Waals surface area contributed by atoms with E-state index in [1.165, 1.54) is 0 Å². The number of aromatic nitrogens is 1. The van der Waals surface area contributed by atoms with Gasteiger partial charge in [-0.2, -0.15) is 0 Å². The van der Waals surface area contributed by atoms with Gasteiger partial charge in [-0.1, -0.05) is 28.4 Å². The summed E-state index contributed by atoms with van der Waals surface area (Å²) in [7, 11) is 3.12. The summed E-state index contributed by atoms with van der Waals surface area (Å²) >= 11 is 12.3. The minimum Gasteiger partial charge on any atom is -0.497 e. The van der Waals surface area contributed by atoms with E-state index in [1.54, 1.807) is 50.6 Å². The molecule has 25 heavy (non-hydrogen) atoms. The van der Waals surface area contributed by atoms with Gasteiger partial charge in [-0.05, 0) is 30.3 Å². The van der Waals surface area contributed by atoms with Gasteiger partial charge in [0.2, 0.25) is 0 Å². The molecule has 0 amide bonds. The van der Waals surface area contributed by atoms with Crippen molar-refractivity contribution >= 4 is 23.2 Å². The van der Waals surface area contributed by atoms with Gasteiger partial charge >= 0.3 is 0 Å². The fourth-order valence-corrected chi connectivity index (χ4v) is 2.89. The molecule has 0 atom stereocenters. The molecule has 0 aliphatic rings. The molecule has 0 radical (unpaired) electrons. The molecule has 3 rings (SSSR count). The van der Waals surface area contributed by atoms with Crippen molar-refractivity contribution in [1.82, 2.24) is 5.16 Å². The van der Waals surface area contributed by atoms with Crippen LogP contribution in [0, 0.1) is 0 Å². The topological polar surface area (TPSA) is 64.7 Å². The average molecular weight is 380 g/mol. The lowest BCUT2D eigenvalue weighted by Gasteiger charge is -2.08. The van der Waals surface area contributed by atoms with Crippen molar-refractivity contribution in [2.45, 2.75) is 6.61 Å². The molecule has 0 aliphatic carbocycles. The molecule has 5 nitrogen and oxygen atoms in total. The van der Waals surface area contributed by atoms with Gasteiger partial charge in [0.15, 0.2) is 5.76 Å². The number of benzene rings is 2. The van der Waals surface area contributed by atoms with E-state index in [4.69, 9.17) is 37.2 Å². The number of hydrogen-bond donors (Lipinski definition) is 1. The van der Waals surface area contributed by atoms with E-state index in [2.05, 4.69) is 5.16 Å². The third kappa shape index (κ3) is 3.44. The number of rotatable bonds is 5. The Balaban J connectivity index is 2.17. The fourth-order valence-electron chi connectivity index (χ4n) is 2.51. The normalized spacial score (nSPS) is 10.8. The highest BCUT2D eigenvalue weighted by Gasteiger charge is 2.21. The summed E-state index contributed by atoms with van der Waals surface area (Å²) in [6, 6.07) is 10.3. The fraction of sp³-hybridized carbons (Fsp3) is 0.167. The Labute approximate surface area is 154 Å². The molecule has 0 aliphatic heterocycles. The molecular weight excluding hydrogens is 365 g/mol. The summed E-state index contributed by atoms with van der Waals surface area (Å²) < 4.78 is 16.0. The van der Waals surface area contributed by atoms with Gasteiger partial charge in [-0.25, -0.2) is 0 Å². The van der Waals surface area contributed by atoms with Crippen LogP contribution in [-0.4, -0.2) is 24.5 Å². The van der Waals surface area contributed by atoms with Crippen LogP contribution in [0.25, 0.3) is 22.6 Å². The van der Waals surface area contributed by atoms with Crippen molar-refractivity contribution in [1.29, 1.82) is 0 Å². The van der Waals surface area contributed by atoms with Crippen LogP contribution in [0.3, 0.4) is 0 Å². The van der Waals surface area contributed by atoms with Crippen molar-refractivity contribution in [3.8, 4) is 34.1 Å². The molecular formula is C18H15Cl2NO4. The molecule has 2 aromatic carbocycles. The largest absolute Gasteiger partial charge is 0.497 e. The second kappa shape index (κ2) is 7.35. The third-order valence-electron chi connectivity index (χ3n) is 3.74. The lowest BCUT2D eigenvalue weighted by molar-refractivity contribution is 0.281. The van der Waals surface area contributed by atoms with Gasteiger partial charge in [0, 0.05) is 22.2 Å². The molecule has 1 aromatic heterocycles. The summed E-state index contributed by atoms with van der Waals surface area (Å²) in [5.74, 6) is 1.60. The molecule has 3 aromatic rings. The third-order valence-corrected chi connectivity index (χ3v) is 4.31. The molecule has 1 N–H and O–H groups in total. The Morgan fingerprint density at radius 1 is 1.04 bits per heavy atom. The van der Waals surface area contributed by atoms with Crippen LogP contribution in [-0.2, 0) is 6.61 Å². The number of halogens is 2. The molecule has 0 saturated carbocycles. The molecule has 0 saturated heterocycles. The van der Waals surface area contributed by atoms with Gasteiger partial charge < -0.3 is 19.1 Å². The van der Waals surface area contributed by atoms with Crippen LogP contribution in [0.5, 0.6) is 11.5 Å². The minimum atomic E-state index is -0.281. The number of nitrogens with zero attached hydrogens (tertiary/aromatic N) is 1. The maximum Gasteiger partial charge on any atom is 0.173 e. The Morgan fingerprint density at radius 3 is 2.32 bits per heavy atom. The number of ether oxygens (including phenoxy) is 2. The number of methoxy groups -OCH3 is 2. The summed E-state index contributed by atoms with van der Waals surface area (Å²) in [6.07, 6.45) is 0. The van der Waals surface area contributed by atoms with E-state index in [0.29, 0.717) is 49.7 Å². The first-order valence-electron chi connectivity index (χ1n) is 7.35. The smallest absolute Gasteiger partial charge is 0.173 e. The van der Waals surface area contributed by atoms with Crippen molar-refractivity contribution in [2.24, 2.45) is 0 Å². The molecule has 7 heteroatoms. The second-order valence-electron chi connectivity index (χ2n) is 5.22. The Bertz CT molecular complexity index is 886. The van der Waals surface area contributed by atoms with Crippen molar-refractivity contribution < 1.29 is 19.1 Å². The quantitative estimate of drug-likeness (QED) is 0.687. The Morgan fingerprint density at radius 2 is 1.72 bits per heavy atom. The highest BCUT2D eigenvalue weighted by atomic mass is 35.5. The lowest BCUT2D eigenvalue weighted by Crippen LogP contribution is -1.92. The van der Waals surface area contributed by atoms with E-state index in [1.807, 2.05) is 0 Å². The van der Waals surface area contributed by atoms with Crippen molar-refractivity contribution in [3.63, 3.8) is 0 Å². The monoisotopic (exact) mass is 379 g/mol. The lowest BCUT2D eigenvalue weighted by atomic mass is 10.0. The van der Waals surface area contributed by atoms with Crippen LogP contribution in [0.15, 0.2) is 40.9 Å². The second-order valence-corrected chi connectivity index (χ2v) is 6.07. The summed E-state index contributed by atoms with van der Waals surface area (Å²) in [4.78, 5) is 0. The van der Waals surface area contributed by atoms with E-state index in [9.17, 15) is 5.11 Å². The van der Waals surface area contributed by atoms with Gasteiger partial charge in [-0.3, -0.25) is 0 Å². The number of aliphatic hydroxyl groups excluding tert-OH is 1. The average Bonchev–Trinajstić information content (AvgIpc) is 3.07. The van der Waals surface area contributed by atoms with Gasteiger partial charge in [0.05, 0.1) is 31.4 Å². The highest BCUT2D eigenvalue weighted by Crippen LogP contribution is 2.38. The highest BCUT2D eigenvalue weighted by molar-refractivity contribution is 6.35. The summed E-state index contributed by atoms with van der Waals surface area (Å²) in [5, 5.41) is 14.9.